The summed E-state index contributed by atoms with van der Waals surface area (Å²) in [5.74, 6) is -0.755. The van der Waals surface area contributed by atoms with Crippen molar-refractivity contribution in [3.05, 3.63) is 46.5 Å². The van der Waals surface area contributed by atoms with Crippen molar-refractivity contribution in [1.82, 2.24) is 4.98 Å². The highest BCUT2D eigenvalue weighted by Crippen LogP contribution is 2.34. The number of hydrogen-bond acceptors (Lipinski definition) is 5. The maximum absolute atomic E-state index is 13.1. The number of nitrogens with zero attached hydrogens (tertiary/aromatic N) is 1. The minimum Gasteiger partial charge on any atom is -0.462 e. The summed E-state index contributed by atoms with van der Waals surface area (Å²) in [7, 11) is 0. The smallest absolute Gasteiger partial charge is 0.416 e. The number of esters is 1. The zero-order chi connectivity index (χ0) is 17.0. The normalized spacial score (nSPS) is 12.3. The van der Waals surface area contributed by atoms with Gasteiger partial charge in [0.1, 0.15) is 0 Å². The number of hydrogen-bond donors (Lipinski definition) is 1. The number of halogens is 3. The van der Waals surface area contributed by atoms with Crippen molar-refractivity contribution in [2.24, 2.45) is 0 Å². The number of carbonyl (C=O) groups is 1. The number of anilines is 1. The molecule has 0 radical (unpaired) electrons. The van der Waals surface area contributed by atoms with Gasteiger partial charge in [-0.3, -0.25) is 0 Å². The molecule has 0 unspecified atom stereocenters. The topological polar surface area (TPSA) is 65.2 Å². The monoisotopic (exact) mass is 342 g/mol. The molecule has 0 saturated heterocycles. The first-order chi connectivity index (χ1) is 10.8. The molecule has 23 heavy (non-hydrogen) atoms. The molecule has 2 aromatic rings. The van der Waals surface area contributed by atoms with Gasteiger partial charge >= 0.3 is 12.1 Å². The van der Waals surface area contributed by atoms with E-state index in [1.165, 1.54) is 23.6 Å². The van der Waals surface area contributed by atoms with Crippen LogP contribution in [0.4, 0.5) is 18.3 Å². The summed E-state index contributed by atoms with van der Waals surface area (Å²) in [6, 6.07) is 4.96. The molecule has 1 aromatic heterocycles. The molecule has 0 aliphatic carbocycles. The van der Waals surface area contributed by atoms with Crippen LogP contribution >= 0.6 is 11.3 Å². The minimum atomic E-state index is -4.53. The van der Waals surface area contributed by atoms with E-state index >= 15 is 0 Å². The molecule has 4 nitrogen and oxygen atoms in total. The van der Waals surface area contributed by atoms with Gasteiger partial charge in [0, 0.05) is 5.38 Å². The van der Waals surface area contributed by atoms with E-state index in [1.807, 2.05) is 0 Å². The van der Waals surface area contributed by atoms with Gasteiger partial charge < -0.3 is 10.5 Å². The Hall–Kier alpha value is -2.35. The van der Waals surface area contributed by atoms with E-state index < -0.39 is 17.7 Å². The number of thiazole rings is 1. The summed E-state index contributed by atoms with van der Waals surface area (Å²) in [6.07, 6.45) is -3.41. The third-order valence-corrected chi connectivity index (χ3v) is 3.53. The average molecular weight is 342 g/mol. The standard InChI is InChI=1S/C15H13F3N2O2S/c1-2-22-13(21)10(12-8-23-14(19)20-12)7-9-5-3-4-6-11(9)15(16,17)18/h3-8H,2H2,1H3,(H2,19,20). The van der Waals surface area contributed by atoms with Crippen LogP contribution in [0.3, 0.4) is 0 Å². The molecule has 1 heterocycles. The zero-order valence-corrected chi connectivity index (χ0v) is 12.9. The lowest BCUT2D eigenvalue weighted by Gasteiger charge is -2.11. The lowest BCUT2D eigenvalue weighted by atomic mass is 10.0. The zero-order valence-electron chi connectivity index (χ0n) is 12.1. The van der Waals surface area contributed by atoms with Gasteiger partial charge in [0.2, 0.25) is 0 Å². The van der Waals surface area contributed by atoms with Crippen LogP contribution in [-0.4, -0.2) is 17.6 Å². The number of ether oxygens (including phenoxy) is 1. The Kier molecular flexibility index (Phi) is 5.05. The van der Waals surface area contributed by atoms with Crippen LogP contribution in [0, 0.1) is 0 Å². The van der Waals surface area contributed by atoms with Crippen molar-refractivity contribution in [1.29, 1.82) is 0 Å². The van der Waals surface area contributed by atoms with Gasteiger partial charge in [-0.1, -0.05) is 18.2 Å². The molecular formula is C15H13F3N2O2S. The largest absolute Gasteiger partial charge is 0.462 e. The Morgan fingerprint density at radius 1 is 1.39 bits per heavy atom. The van der Waals surface area contributed by atoms with Gasteiger partial charge in [0.25, 0.3) is 0 Å². The van der Waals surface area contributed by atoms with Crippen molar-refractivity contribution in [3.8, 4) is 0 Å². The second-order valence-electron chi connectivity index (χ2n) is 4.43. The minimum absolute atomic E-state index is 0.0727. The third kappa shape index (κ3) is 4.10. The van der Waals surface area contributed by atoms with E-state index in [1.54, 1.807) is 6.92 Å². The summed E-state index contributed by atoms with van der Waals surface area (Å²) in [4.78, 5) is 16.0. The predicted molar refractivity (Wildman–Crippen MR) is 82.5 cm³/mol. The molecule has 8 heteroatoms. The van der Waals surface area contributed by atoms with Crippen LogP contribution in [0.25, 0.3) is 11.6 Å². The van der Waals surface area contributed by atoms with Crippen LogP contribution < -0.4 is 5.73 Å². The number of carbonyl (C=O) groups excluding carboxylic acids is 1. The van der Waals surface area contributed by atoms with Gasteiger partial charge in [0.05, 0.1) is 23.4 Å². The summed E-state index contributed by atoms with van der Waals surface area (Å²) < 4.78 is 44.1. The number of rotatable bonds is 4. The fourth-order valence-corrected chi connectivity index (χ4v) is 2.46. The molecule has 1 aromatic carbocycles. The molecule has 2 rings (SSSR count). The van der Waals surface area contributed by atoms with Gasteiger partial charge in [-0.15, -0.1) is 11.3 Å². The van der Waals surface area contributed by atoms with Crippen molar-refractivity contribution >= 4 is 34.1 Å². The number of aromatic nitrogens is 1. The third-order valence-electron chi connectivity index (χ3n) is 2.86. The number of nitrogens with two attached hydrogens (primary N) is 1. The molecular weight excluding hydrogens is 329 g/mol. The van der Waals surface area contributed by atoms with Crippen molar-refractivity contribution in [3.63, 3.8) is 0 Å². The molecule has 0 saturated carbocycles. The highest BCUT2D eigenvalue weighted by molar-refractivity contribution is 7.13. The fraction of sp³-hybridized carbons (Fsp3) is 0.200. The van der Waals surface area contributed by atoms with Crippen LogP contribution in [0.1, 0.15) is 23.7 Å². The van der Waals surface area contributed by atoms with E-state index in [2.05, 4.69) is 4.98 Å². The average Bonchev–Trinajstić information content (AvgIpc) is 2.90. The molecule has 0 spiro atoms. The summed E-state index contributed by atoms with van der Waals surface area (Å²) in [5.41, 5.74) is 4.66. The Morgan fingerprint density at radius 3 is 2.65 bits per heavy atom. The molecule has 0 fully saturated rings. The van der Waals surface area contributed by atoms with Crippen LogP contribution in [-0.2, 0) is 15.7 Å². The first-order valence-corrected chi connectivity index (χ1v) is 7.47. The maximum Gasteiger partial charge on any atom is 0.416 e. The highest BCUT2D eigenvalue weighted by Gasteiger charge is 2.33. The first-order valence-electron chi connectivity index (χ1n) is 6.59. The molecule has 0 amide bonds. The number of alkyl halides is 3. The van der Waals surface area contributed by atoms with Crippen molar-refractivity contribution in [2.75, 3.05) is 12.3 Å². The van der Waals surface area contributed by atoms with Crippen LogP contribution in [0.5, 0.6) is 0 Å². The molecule has 0 atom stereocenters. The molecule has 122 valence electrons. The Balaban J connectivity index is 2.56. The van der Waals surface area contributed by atoms with E-state index in [0.717, 1.165) is 23.5 Å². The molecule has 0 aliphatic heterocycles. The Bertz CT molecular complexity index is 738. The van der Waals surface area contributed by atoms with Crippen molar-refractivity contribution < 1.29 is 22.7 Å². The lowest BCUT2D eigenvalue weighted by Crippen LogP contribution is -2.10. The van der Waals surface area contributed by atoms with E-state index in [0.29, 0.717) is 0 Å². The number of benzene rings is 1. The van der Waals surface area contributed by atoms with Gasteiger partial charge in [-0.2, -0.15) is 13.2 Å². The van der Waals surface area contributed by atoms with E-state index in [4.69, 9.17) is 10.5 Å². The SMILES string of the molecule is CCOC(=O)C(=Cc1ccccc1C(F)(F)F)c1csc(N)n1. The molecule has 0 aliphatic rings. The quantitative estimate of drug-likeness (QED) is 0.677. The summed E-state index contributed by atoms with van der Waals surface area (Å²) in [5, 5.41) is 1.70. The lowest BCUT2D eigenvalue weighted by molar-refractivity contribution is -0.138. The van der Waals surface area contributed by atoms with E-state index in [9.17, 15) is 18.0 Å². The fourth-order valence-electron chi connectivity index (χ4n) is 1.89. The van der Waals surface area contributed by atoms with Gasteiger partial charge in [0.15, 0.2) is 5.13 Å². The summed E-state index contributed by atoms with van der Waals surface area (Å²) >= 11 is 1.08. The van der Waals surface area contributed by atoms with Gasteiger partial charge in [-0.05, 0) is 24.6 Å². The summed E-state index contributed by atoms with van der Waals surface area (Å²) in [6.45, 7) is 1.70. The van der Waals surface area contributed by atoms with Crippen molar-refractivity contribution in [2.45, 2.75) is 13.1 Å². The first kappa shape index (κ1) is 17.0. The second kappa shape index (κ2) is 6.82. The predicted octanol–water partition coefficient (Wildman–Crippen LogP) is 3.85. The van der Waals surface area contributed by atoms with Crippen LogP contribution in [0.2, 0.25) is 0 Å². The Labute approximate surface area is 134 Å². The molecule has 2 N–H and O–H groups in total. The van der Waals surface area contributed by atoms with Gasteiger partial charge in [-0.25, -0.2) is 9.78 Å². The maximum atomic E-state index is 13.1. The number of nitrogen functional groups attached to an aromatic ring is 1. The van der Waals surface area contributed by atoms with E-state index in [-0.39, 0.29) is 28.6 Å². The Morgan fingerprint density at radius 2 is 2.09 bits per heavy atom. The second-order valence-corrected chi connectivity index (χ2v) is 5.32. The molecule has 0 bridgehead atoms. The van der Waals surface area contributed by atoms with Crippen LogP contribution in [0.15, 0.2) is 29.6 Å². The highest BCUT2D eigenvalue weighted by atomic mass is 32.1.